The summed E-state index contributed by atoms with van der Waals surface area (Å²) in [5, 5.41) is 24.1. The minimum Gasteiger partial charge on any atom is -0.396 e. The fourth-order valence-corrected chi connectivity index (χ4v) is 6.29. The van der Waals surface area contributed by atoms with Crippen molar-refractivity contribution in [3.8, 4) is 0 Å². The Balaban J connectivity index is 1.56. The van der Waals surface area contributed by atoms with Crippen molar-refractivity contribution in [1.29, 1.82) is 0 Å². The van der Waals surface area contributed by atoms with Gasteiger partial charge in [0.1, 0.15) is 0 Å². The molecule has 1 aromatic carbocycles. The van der Waals surface area contributed by atoms with Crippen molar-refractivity contribution < 1.29 is 5.11 Å². The molecule has 0 amide bonds. The molecule has 2 aliphatic rings. The average molecular weight is 479 g/mol. The van der Waals surface area contributed by atoms with Crippen LogP contribution in [0.15, 0.2) is 29.1 Å². The van der Waals surface area contributed by atoms with E-state index in [0.717, 1.165) is 60.8 Å². The predicted molar refractivity (Wildman–Crippen MR) is 136 cm³/mol. The van der Waals surface area contributed by atoms with Crippen LogP contribution in [-0.4, -0.2) is 48.3 Å². The van der Waals surface area contributed by atoms with Crippen LogP contribution >= 0.6 is 0 Å². The summed E-state index contributed by atoms with van der Waals surface area (Å²) < 4.78 is 2.12. The van der Waals surface area contributed by atoms with Gasteiger partial charge in [0.15, 0.2) is 5.82 Å². The molecule has 0 aliphatic heterocycles. The van der Waals surface area contributed by atoms with Gasteiger partial charge in [-0.3, -0.25) is 9.69 Å². The predicted octanol–water partition coefficient (Wildman–Crippen LogP) is 4.37. The van der Waals surface area contributed by atoms with E-state index in [-0.39, 0.29) is 17.7 Å². The minimum atomic E-state index is -0.331. The molecule has 0 spiro atoms. The Hall–Kier alpha value is -2.58. The maximum Gasteiger partial charge on any atom is 0.252 e. The van der Waals surface area contributed by atoms with Crippen LogP contribution in [0.2, 0.25) is 0 Å². The maximum atomic E-state index is 13.1. The molecule has 2 aliphatic carbocycles. The number of aliphatic hydroxyl groups excluding tert-OH is 1. The highest BCUT2D eigenvalue weighted by Crippen LogP contribution is 2.43. The van der Waals surface area contributed by atoms with Crippen molar-refractivity contribution in [2.45, 2.75) is 95.7 Å². The van der Waals surface area contributed by atoms with Crippen LogP contribution in [0, 0.1) is 6.92 Å². The standard InChI is InChI=1S/C27H38N6O2/c1-20-11-12-24-21(17-20)18-22(25(35)28-24)19-32(15-8-16-34)27(13-6-3-7-14-27)26-29-30-31-33(26)23-9-4-2-5-10-23/h11-12,17-18,23,34H,2-10,13-16,19H2,1H3,(H,28,35). The topological polar surface area (TPSA) is 99.9 Å². The smallest absolute Gasteiger partial charge is 0.252 e. The number of benzene rings is 1. The lowest BCUT2D eigenvalue weighted by atomic mass is 9.78. The van der Waals surface area contributed by atoms with Gasteiger partial charge in [-0.05, 0) is 73.0 Å². The summed E-state index contributed by atoms with van der Waals surface area (Å²) in [6.07, 6.45) is 12.0. The number of aromatic amines is 1. The molecule has 0 saturated heterocycles. The second-order valence-electron chi connectivity index (χ2n) is 10.5. The van der Waals surface area contributed by atoms with Gasteiger partial charge in [-0.1, -0.05) is 50.2 Å². The monoisotopic (exact) mass is 478 g/mol. The fraction of sp³-hybridized carbons (Fsp3) is 0.630. The van der Waals surface area contributed by atoms with Gasteiger partial charge in [-0.25, -0.2) is 4.68 Å². The Morgan fingerprint density at radius 2 is 1.89 bits per heavy atom. The van der Waals surface area contributed by atoms with Gasteiger partial charge in [0.2, 0.25) is 0 Å². The molecule has 3 aromatic rings. The molecular formula is C27H38N6O2. The number of aromatic nitrogens is 5. The minimum absolute atomic E-state index is 0.0480. The third-order valence-electron chi connectivity index (χ3n) is 8.14. The highest BCUT2D eigenvalue weighted by Gasteiger charge is 2.45. The lowest BCUT2D eigenvalue weighted by molar-refractivity contribution is 0.0201. The highest BCUT2D eigenvalue weighted by molar-refractivity contribution is 5.79. The number of nitrogens with zero attached hydrogens (tertiary/aromatic N) is 5. The van der Waals surface area contributed by atoms with E-state index >= 15 is 0 Å². The first-order chi connectivity index (χ1) is 17.1. The molecule has 2 saturated carbocycles. The third-order valence-corrected chi connectivity index (χ3v) is 8.14. The number of nitrogens with one attached hydrogen (secondary N) is 1. The van der Waals surface area contributed by atoms with Crippen LogP contribution < -0.4 is 5.56 Å². The van der Waals surface area contributed by atoms with Crippen LogP contribution in [0.1, 0.15) is 93.6 Å². The summed E-state index contributed by atoms with van der Waals surface area (Å²) in [6, 6.07) is 8.49. The SMILES string of the molecule is Cc1ccc2[nH]c(=O)c(CN(CCCO)C3(c4nnnn4C4CCCCC4)CCCCC3)cc2c1. The van der Waals surface area contributed by atoms with Crippen molar-refractivity contribution in [2.24, 2.45) is 0 Å². The summed E-state index contributed by atoms with van der Waals surface area (Å²) in [7, 11) is 0. The number of tetrazole rings is 1. The van der Waals surface area contributed by atoms with Gasteiger partial charge in [-0.2, -0.15) is 0 Å². The molecule has 2 heterocycles. The van der Waals surface area contributed by atoms with Crippen LogP contribution in [0.3, 0.4) is 0 Å². The number of rotatable bonds is 8. The van der Waals surface area contributed by atoms with E-state index < -0.39 is 0 Å². The Labute approximate surface area is 206 Å². The number of aryl methyl sites for hydroxylation is 1. The quantitative estimate of drug-likeness (QED) is 0.499. The Morgan fingerprint density at radius 3 is 2.66 bits per heavy atom. The highest BCUT2D eigenvalue weighted by atomic mass is 16.3. The zero-order chi connectivity index (χ0) is 24.3. The van der Waals surface area contributed by atoms with E-state index in [4.69, 9.17) is 0 Å². The molecule has 0 atom stereocenters. The van der Waals surface area contributed by atoms with Crippen molar-refractivity contribution >= 4 is 10.9 Å². The largest absolute Gasteiger partial charge is 0.396 e. The van der Waals surface area contributed by atoms with E-state index in [1.54, 1.807) is 0 Å². The lowest BCUT2D eigenvalue weighted by Crippen LogP contribution is -2.50. The number of aliphatic hydroxyl groups is 1. The van der Waals surface area contributed by atoms with E-state index in [9.17, 15) is 9.90 Å². The van der Waals surface area contributed by atoms with Crippen molar-refractivity contribution in [1.82, 2.24) is 30.1 Å². The average Bonchev–Trinajstić information content (AvgIpc) is 3.39. The first kappa shape index (κ1) is 24.1. The molecule has 8 nitrogen and oxygen atoms in total. The van der Waals surface area contributed by atoms with Crippen LogP contribution in [0.4, 0.5) is 0 Å². The van der Waals surface area contributed by atoms with Crippen molar-refractivity contribution in [3.05, 3.63) is 51.6 Å². The number of fused-ring (bicyclic) bond motifs is 1. The third kappa shape index (κ3) is 4.91. The maximum absolute atomic E-state index is 13.1. The summed E-state index contributed by atoms with van der Waals surface area (Å²) in [4.78, 5) is 18.6. The number of H-pyrrole nitrogens is 1. The van der Waals surface area contributed by atoms with Crippen molar-refractivity contribution in [3.63, 3.8) is 0 Å². The number of hydrogen-bond acceptors (Lipinski definition) is 6. The van der Waals surface area contributed by atoms with Gasteiger partial charge < -0.3 is 10.1 Å². The lowest BCUT2D eigenvalue weighted by Gasteiger charge is -2.46. The van der Waals surface area contributed by atoms with E-state index in [2.05, 4.69) is 43.1 Å². The Kier molecular flexibility index (Phi) is 7.29. The van der Waals surface area contributed by atoms with Crippen molar-refractivity contribution in [2.75, 3.05) is 13.2 Å². The molecule has 0 radical (unpaired) electrons. The second kappa shape index (κ2) is 10.6. The molecule has 35 heavy (non-hydrogen) atoms. The van der Waals surface area contributed by atoms with E-state index in [0.29, 0.717) is 25.6 Å². The van der Waals surface area contributed by atoms with Gasteiger partial charge in [0.05, 0.1) is 11.6 Å². The summed E-state index contributed by atoms with van der Waals surface area (Å²) in [5.74, 6) is 0.954. The number of hydrogen-bond donors (Lipinski definition) is 2. The molecule has 0 unspecified atom stereocenters. The molecule has 2 fully saturated rings. The van der Waals surface area contributed by atoms with Crippen LogP contribution in [-0.2, 0) is 12.1 Å². The fourth-order valence-electron chi connectivity index (χ4n) is 6.29. The van der Waals surface area contributed by atoms with Crippen LogP contribution in [0.25, 0.3) is 10.9 Å². The van der Waals surface area contributed by atoms with Gasteiger partial charge >= 0.3 is 0 Å². The summed E-state index contributed by atoms with van der Waals surface area (Å²) >= 11 is 0. The van der Waals surface area contributed by atoms with Gasteiger partial charge in [0.25, 0.3) is 5.56 Å². The molecule has 0 bridgehead atoms. The normalized spacial score (nSPS) is 18.9. The van der Waals surface area contributed by atoms with E-state index in [1.807, 2.05) is 18.2 Å². The zero-order valence-corrected chi connectivity index (χ0v) is 20.9. The first-order valence-corrected chi connectivity index (χ1v) is 13.4. The van der Waals surface area contributed by atoms with E-state index in [1.165, 1.54) is 31.2 Å². The summed E-state index contributed by atoms with van der Waals surface area (Å²) in [5.41, 5.74) is 2.40. The van der Waals surface area contributed by atoms with Gasteiger partial charge in [-0.15, -0.1) is 5.10 Å². The molecular weight excluding hydrogens is 440 g/mol. The second-order valence-corrected chi connectivity index (χ2v) is 10.5. The first-order valence-electron chi connectivity index (χ1n) is 13.4. The summed E-state index contributed by atoms with van der Waals surface area (Å²) in [6.45, 7) is 3.39. The molecule has 2 aromatic heterocycles. The molecule has 5 rings (SSSR count). The Morgan fingerprint density at radius 1 is 1.11 bits per heavy atom. The zero-order valence-electron chi connectivity index (χ0n) is 20.9. The van der Waals surface area contributed by atoms with Crippen LogP contribution in [0.5, 0.6) is 0 Å². The Bertz CT molecular complexity index is 1190. The molecule has 2 N–H and O–H groups in total. The molecule has 8 heteroatoms. The molecule has 188 valence electrons. The number of pyridine rings is 1. The van der Waals surface area contributed by atoms with Gasteiger partial charge in [0, 0.05) is 30.8 Å².